The van der Waals surface area contributed by atoms with Gasteiger partial charge < -0.3 is 16.2 Å². The number of benzene rings is 1. The van der Waals surface area contributed by atoms with Gasteiger partial charge in [0.25, 0.3) is 0 Å². The van der Waals surface area contributed by atoms with Crippen molar-refractivity contribution in [1.29, 1.82) is 0 Å². The summed E-state index contributed by atoms with van der Waals surface area (Å²) in [6.07, 6.45) is -4.69. The number of hydrogen-bond acceptors (Lipinski definition) is 6. The normalized spacial score (nSPS) is 11.4. The van der Waals surface area contributed by atoms with Crippen molar-refractivity contribution in [2.45, 2.75) is 17.3 Å². The van der Waals surface area contributed by atoms with Crippen LogP contribution in [0.4, 0.5) is 24.8 Å². The molecule has 0 aliphatic heterocycles. The van der Waals surface area contributed by atoms with Crippen LogP contribution in [0.5, 0.6) is 5.75 Å². The van der Waals surface area contributed by atoms with Crippen molar-refractivity contribution in [1.82, 2.24) is 9.97 Å². The highest BCUT2D eigenvalue weighted by Crippen LogP contribution is 2.25. The Labute approximate surface area is 122 Å². The van der Waals surface area contributed by atoms with Crippen LogP contribution in [0, 0.1) is 0 Å². The second kappa shape index (κ2) is 6.08. The van der Waals surface area contributed by atoms with Crippen LogP contribution in [0.15, 0.2) is 35.5 Å². The molecule has 0 aliphatic carbocycles. The van der Waals surface area contributed by atoms with E-state index in [1.165, 1.54) is 42.1 Å². The fourth-order valence-electron chi connectivity index (χ4n) is 1.46. The molecular weight excluding hydrogens is 305 g/mol. The Morgan fingerprint density at radius 1 is 1.05 bits per heavy atom. The van der Waals surface area contributed by atoms with Gasteiger partial charge in [0.2, 0.25) is 0 Å². The lowest BCUT2D eigenvalue weighted by Gasteiger charge is -2.09. The van der Waals surface area contributed by atoms with E-state index >= 15 is 0 Å². The predicted octanol–water partition coefficient (Wildman–Crippen LogP) is 2.83. The van der Waals surface area contributed by atoms with E-state index in [2.05, 4.69) is 14.7 Å². The first kappa shape index (κ1) is 15.2. The minimum Gasteiger partial charge on any atom is -0.406 e. The standard InChI is InChI=1S/C12H11F3N4OS/c13-12(14,15)20-8-3-1-7(2-4-8)6-21-11-18-9(16)5-10(17)19-11/h1-5H,6H2,(H4,16,17,18,19). The summed E-state index contributed by atoms with van der Waals surface area (Å²) < 4.78 is 39.8. The lowest BCUT2D eigenvalue weighted by Crippen LogP contribution is -2.16. The highest BCUT2D eigenvalue weighted by Gasteiger charge is 2.30. The summed E-state index contributed by atoms with van der Waals surface area (Å²) in [6.45, 7) is 0. The van der Waals surface area contributed by atoms with Gasteiger partial charge in [-0.3, -0.25) is 0 Å². The Hall–Kier alpha value is -2.16. The topological polar surface area (TPSA) is 87.1 Å². The Morgan fingerprint density at radius 3 is 2.14 bits per heavy atom. The lowest BCUT2D eigenvalue weighted by molar-refractivity contribution is -0.274. The molecule has 0 atom stereocenters. The van der Waals surface area contributed by atoms with Crippen molar-refractivity contribution < 1.29 is 17.9 Å². The Morgan fingerprint density at radius 2 is 1.62 bits per heavy atom. The number of anilines is 2. The minimum absolute atomic E-state index is 0.263. The number of hydrogen-bond donors (Lipinski definition) is 2. The molecule has 0 fully saturated rings. The zero-order valence-corrected chi connectivity index (χ0v) is 11.4. The van der Waals surface area contributed by atoms with Gasteiger partial charge in [-0.25, -0.2) is 9.97 Å². The third-order valence-corrected chi connectivity index (χ3v) is 3.19. The zero-order valence-electron chi connectivity index (χ0n) is 10.6. The average Bonchev–Trinajstić information content (AvgIpc) is 2.35. The maximum Gasteiger partial charge on any atom is 0.573 e. The van der Waals surface area contributed by atoms with Gasteiger partial charge in [0, 0.05) is 11.8 Å². The molecule has 2 aromatic rings. The Kier molecular flexibility index (Phi) is 4.41. The maximum absolute atomic E-state index is 12.0. The smallest absolute Gasteiger partial charge is 0.406 e. The molecule has 0 radical (unpaired) electrons. The molecule has 1 aromatic carbocycles. The number of aromatic nitrogens is 2. The van der Waals surface area contributed by atoms with Crippen molar-refractivity contribution >= 4 is 23.4 Å². The van der Waals surface area contributed by atoms with Crippen molar-refractivity contribution in [3.63, 3.8) is 0 Å². The molecular formula is C12H11F3N4OS. The molecule has 0 bridgehead atoms. The number of thioether (sulfide) groups is 1. The van der Waals surface area contributed by atoms with Gasteiger partial charge in [-0.1, -0.05) is 23.9 Å². The van der Waals surface area contributed by atoms with E-state index in [1.807, 2.05) is 0 Å². The number of nitrogens with two attached hydrogens (primary N) is 2. The largest absolute Gasteiger partial charge is 0.573 e. The van der Waals surface area contributed by atoms with Gasteiger partial charge in [-0.05, 0) is 17.7 Å². The summed E-state index contributed by atoms with van der Waals surface area (Å²) >= 11 is 1.28. The van der Waals surface area contributed by atoms with E-state index in [0.717, 1.165) is 5.56 Å². The third kappa shape index (κ3) is 5.03. The molecule has 1 heterocycles. The second-order valence-corrected chi connectivity index (χ2v) is 4.92. The van der Waals surface area contributed by atoms with Crippen LogP contribution in [-0.4, -0.2) is 16.3 Å². The summed E-state index contributed by atoms with van der Waals surface area (Å²) in [4.78, 5) is 7.98. The van der Waals surface area contributed by atoms with Crippen molar-refractivity contribution in [3.8, 4) is 5.75 Å². The Balaban J connectivity index is 1.97. The summed E-state index contributed by atoms with van der Waals surface area (Å²) in [5, 5.41) is 0.406. The fraction of sp³-hybridized carbons (Fsp3) is 0.167. The molecule has 0 spiro atoms. The van der Waals surface area contributed by atoms with Gasteiger partial charge in [0.1, 0.15) is 17.4 Å². The highest BCUT2D eigenvalue weighted by atomic mass is 32.2. The third-order valence-electron chi connectivity index (χ3n) is 2.27. The van der Waals surface area contributed by atoms with Crippen molar-refractivity contribution in [2.75, 3.05) is 11.5 Å². The van der Waals surface area contributed by atoms with Crippen LogP contribution in [0.3, 0.4) is 0 Å². The van der Waals surface area contributed by atoms with Crippen LogP contribution in [0.25, 0.3) is 0 Å². The van der Waals surface area contributed by atoms with Crippen LogP contribution >= 0.6 is 11.8 Å². The van der Waals surface area contributed by atoms with Crippen LogP contribution in [0.2, 0.25) is 0 Å². The van der Waals surface area contributed by atoms with Gasteiger partial charge in [0.05, 0.1) is 0 Å². The molecule has 2 rings (SSSR count). The van der Waals surface area contributed by atoms with E-state index in [1.54, 1.807) is 0 Å². The van der Waals surface area contributed by atoms with E-state index in [0.29, 0.717) is 10.9 Å². The summed E-state index contributed by atoms with van der Waals surface area (Å²) in [6, 6.07) is 7.00. The predicted molar refractivity (Wildman–Crippen MR) is 73.5 cm³/mol. The van der Waals surface area contributed by atoms with E-state index in [9.17, 15) is 13.2 Å². The Bertz CT molecular complexity index is 599. The second-order valence-electron chi connectivity index (χ2n) is 3.98. The highest BCUT2D eigenvalue weighted by molar-refractivity contribution is 7.98. The molecule has 4 N–H and O–H groups in total. The van der Waals surface area contributed by atoms with E-state index < -0.39 is 6.36 Å². The average molecular weight is 316 g/mol. The molecule has 0 amide bonds. The van der Waals surface area contributed by atoms with Gasteiger partial charge in [-0.2, -0.15) is 0 Å². The molecule has 9 heteroatoms. The molecule has 112 valence electrons. The monoisotopic (exact) mass is 316 g/mol. The minimum atomic E-state index is -4.69. The first-order valence-electron chi connectivity index (χ1n) is 5.69. The quantitative estimate of drug-likeness (QED) is 0.666. The van der Waals surface area contributed by atoms with Crippen molar-refractivity contribution in [2.24, 2.45) is 0 Å². The number of nitrogen functional groups attached to an aromatic ring is 2. The summed E-state index contributed by atoms with van der Waals surface area (Å²) in [7, 11) is 0. The SMILES string of the molecule is Nc1cc(N)nc(SCc2ccc(OC(F)(F)F)cc2)n1. The molecule has 0 aliphatic rings. The number of rotatable bonds is 4. The van der Waals surface area contributed by atoms with E-state index in [-0.39, 0.29) is 17.4 Å². The van der Waals surface area contributed by atoms with Gasteiger partial charge in [0.15, 0.2) is 5.16 Å². The van der Waals surface area contributed by atoms with Crippen LogP contribution < -0.4 is 16.2 Å². The zero-order chi connectivity index (χ0) is 15.5. The molecule has 0 saturated carbocycles. The lowest BCUT2D eigenvalue weighted by atomic mass is 10.2. The summed E-state index contributed by atoms with van der Waals surface area (Å²) in [5.41, 5.74) is 11.9. The molecule has 1 aromatic heterocycles. The van der Waals surface area contributed by atoms with Gasteiger partial charge in [-0.15, -0.1) is 13.2 Å². The first-order chi connectivity index (χ1) is 9.82. The first-order valence-corrected chi connectivity index (χ1v) is 6.68. The number of ether oxygens (including phenoxy) is 1. The molecule has 0 unspecified atom stereocenters. The molecule has 0 saturated heterocycles. The van der Waals surface area contributed by atoms with Crippen LogP contribution in [-0.2, 0) is 5.75 Å². The van der Waals surface area contributed by atoms with Crippen molar-refractivity contribution in [3.05, 3.63) is 35.9 Å². The fourth-order valence-corrected chi connectivity index (χ4v) is 2.29. The number of halogens is 3. The number of nitrogens with zero attached hydrogens (tertiary/aromatic N) is 2. The van der Waals surface area contributed by atoms with Gasteiger partial charge >= 0.3 is 6.36 Å². The molecule has 21 heavy (non-hydrogen) atoms. The maximum atomic E-state index is 12.0. The van der Waals surface area contributed by atoms with Crippen LogP contribution in [0.1, 0.15) is 5.56 Å². The number of alkyl halides is 3. The summed E-state index contributed by atoms with van der Waals surface area (Å²) in [5.74, 6) is 0.730. The molecule has 5 nitrogen and oxygen atoms in total. The van der Waals surface area contributed by atoms with E-state index in [4.69, 9.17) is 11.5 Å².